The quantitative estimate of drug-likeness (QED) is 0.758. The van der Waals surface area contributed by atoms with Crippen LogP contribution < -0.4 is 10.1 Å². The molecule has 0 saturated carbocycles. The van der Waals surface area contributed by atoms with Gasteiger partial charge >= 0.3 is 0 Å². The van der Waals surface area contributed by atoms with Gasteiger partial charge in [0.2, 0.25) is 0 Å². The number of para-hydroxylation sites is 2. The van der Waals surface area contributed by atoms with Crippen molar-refractivity contribution < 1.29 is 19.3 Å². The average molecular weight is 277 g/mol. The van der Waals surface area contributed by atoms with Crippen molar-refractivity contribution in [2.75, 3.05) is 18.5 Å². The van der Waals surface area contributed by atoms with Crippen molar-refractivity contribution in [3.05, 3.63) is 54.3 Å². The number of anilines is 1. The van der Waals surface area contributed by atoms with E-state index in [1.165, 1.54) is 12.1 Å². The summed E-state index contributed by atoms with van der Waals surface area (Å²) in [5.41, 5.74) is 0.657. The van der Waals surface area contributed by atoms with Crippen LogP contribution >= 0.6 is 0 Å². The molecule has 20 heavy (non-hydrogen) atoms. The van der Waals surface area contributed by atoms with E-state index in [2.05, 4.69) is 5.32 Å². The smallest absolute Gasteiger partial charge is 0.150 e. The SMILES string of the molecule is OCC(O)CNc1ccccc1Oc1cccc(F)c1. The molecule has 0 saturated heterocycles. The van der Waals surface area contributed by atoms with Gasteiger partial charge < -0.3 is 20.3 Å². The zero-order chi connectivity index (χ0) is 14.4. The molecule has 5 heteroatoms. The van der Waals surface area contributed by atoms with Gasteiger partial charge in [-0.25, -0.2) is 4.39 Å². The normalized spacial score (nSPS) is 11.9. The molecule has 0 heterocycles. The molecule has 1 unspecified atom stereocenters. The van der Waals surface area contributed by atoms with Gasteiger partial charge in [0.1, 0.15) is 11.6 Å². The molecule has 2 aromatic carbocycles. The van der Waals surface area contributed by atoms with Crippen molar-refractivity contribution >= 4 is 5.69 Å². The third kappa shape index (κ3) is 3.94. The largest absolute Gasteiger partial charge is 0.455 e. The van der Waals surface area contributed by atoms with Crippen molar-refractivity contribution in [1.29, 1.82) is 0 Å². The van der Waals surface area contributed by atoms with E-state index in [4.69, 9.17) is 9.84 Å². The average Bonchev–Trinajstić information content (AvgIpc) is 2.46. The molecular formula is C15H16FNO3. The van der Waals surface area contributed by atoms with E-state index in [9.17, 15) is 9.50 Å². The minimum Gasteiger partial charge on any atom is -0.455 e. The van der Waals surface area contributed by atoms with Gasteiger partial charge in [-0.05, 0) is 24.3 Å². The van der Waals surface area contributed by atoms with Crippen LogP contribution in [0.1, 0.15) is 0 Å². The van der Waals surface area contributed by atoms with E-state index in [1.54, 1.807) is 30.3 Å². The van der Waals surface area contributed by atoms with Crippen LogP contribution in [-0.4, -0.2) is 29.5 Å². The van der Waals surface area contributed by atoms with E-state index in [0.29, 0.717) is 17.2 Å². The van der Waals surface area contributed by atoms with Crippen LogP contribution in [0.3, 0.4) is 0 Å². The molecule has 0 fully saturated rings. The number of halogens is 1. The maximum Gasteiger partial charge on any atom is 0.150 e. The third-order valence-corrected chi connectivity index (χ3v) is 2.65. The molecule has 0 aliphatic heterocycles. The van der Waals surface area contributed by atoms with Gasteiger partial charge in [-0.3, -0.25) is 0 Å². The molecule has 2 rings (SSSR count). The van der Waals surface area contributed by atoms with Crippen LogP contribution in [0.25, 0.3) is 0 Å². The van der Waals surface area contributed by atoms with Gasteiger partial charge in [0.15, 0.2) is 5.75 Å². The lowest BCUT2D eigenvalue weighted by molar-refractivity contribution is 0.105. The number of ether oxygens (including phenoxy) is 1. The van der Waals surface area contributed by atoms with Crippen molar-refractivity contribution in [2.24, 2.45) is 0 Å². The Hall–Kier alpha value is -2.11. The number of hydrogen-bond donors (Lipinski definition) is 3. The summed E-state index contributed by atoms with van der Waals surface area (Å²) in [6.45, 7) is -0.125. The summed E-state index contributed by atoms with van der Waals surface area (Å²) in [6.07, 6.45) is -0.850. The summed E-state index contributed by atoms with van der Waals surface area (Å²) in [5, 5.41) is 21.1. The maximum absolute atomic E-state index is 13.1. The van der Waals surface area contributed by atoms with Crippen LogP contribution in [-0.2, 0) is 0 Å². The Bertz CT molecular complexity index is 562. The summed E-state index contributed by atoms with van der Waals surface area (Å²) < 4.78 is 18.7. The van der Waals surface area contributed by atoms with E-state index in [-0.39, 0.29) is 19.0 Å². The Morgan fingerprint density at radius 3 is 2.70 bits per heavy atom. The van der Waals surface area contributed by atoms with Crippen molar-refractivity contribution in [1.82, 2.24) is 0 Å². The van der Waals surface area contributed by atoms with E-state index in [1.807, 2.05) is 6.07 Å². The van der Waals surface area contributed by atoms with Crippen molar-refractivity contribution in [3.63, 3.8) is 0 Å². The Labute approximate surface area is 116 Å². The lowest BCUT2D eigenvalue weighted by Gasteiger charge is -2.14. The topological polar surface area (TPSA) is 61.7 Å². The van der Waals surface area contributed by atoms with Gasteiger partial charge in [0, 0.05) is 12.6 Å². The predicted octanol–water partition coefficient (Wildman–Crippen LogP) is 2.38. The standard InChI is InChI=1S/C15H16FNO3/c16-11-4-3-5-13(8-11)20-15-7-2-1-6-14(15)17-9-12(19)10-18/h1-8,12,17-19H,9-10H2. The minimum atomic E-state index is -0.850. The predicted molar refractivity (Wildman–Crippen MR) is 74.5 cm³/mol. The molecule has 4 nitrogen and oxygen atoms in total. The molecule has 3 N–H and O–H groups in total. The van der Waals surface area contributed by atoms with Crippen molar-refractivity contribution in [2.45, 2.75) is 6.10 Å². The third-order valence-electron chi connectivity index (χ3n) is 2.65. The lowest BCUT2D eigenvalue weighted by Crippen LogP contribution is -2.23. The lowest BCUT2D eigenvalue weighted by atomic mass is 10.2. The number of nitrogens with one attached hydrogen (secondary N) is 1. The highest BCUT2D eigenvalue weighted by molar-refractivity contribution is 5.57. The molecule has 1 atom stereocenters. The maximum atomic E-state index is 13.1. The fourth-order valence-electron chi connectivity index (χ4n) is 1.65. The van der Waals surface area contributed by atoms with Crippen LogP contribution in [0.4, 0.5) is 10.1 Å². The first-order chi connectivity index (χ1) is 9.69. The Morgan fingerprint density at radius 2 is 1.95 bits per heavy atom. The number of aliphatic hydroxyl groups excluding tert-OH is 2. The molecule has 2 aromatic rings. The van der Waals surface area contributed by atoms with Gasteiger partial charge in [-0.15, -0.1) is 0 Å². The van der Waals surface area contributed by atoms with E-state index in [0.717, 1.165) is 0 Å². The molecule has 0 radical (unpaired) electrons. The summed E-state index contributed by atoms with van der Waals surface area (Å²) in [6, 6.07) is 13.0. The van der Waals surface area contributed by atoms with Gasteiger partial charge in [0.05, 0.1) is 18.4 Å². The molecule has 0 aliphatic rings. The number of aliphatic hydroxyl groups is 2. The van der Waals surface area contributed by atoms with E-state index < -0.39 is 6.10 Å². The summed E-state index contributed by atoms with van der Waals surface area (Å²) in [5.74, 6) is 0.536. The second kappa shape index (κ2) is 6.88. The first kappa shape index (κ1) is 14.3. The number of hydrogen-bond acceptors (Lipinski definition) is 4. The fourth-order valence-corrected chi connectivity index (χ4v) is 1.65. The van der Waals surface area contributed by atoms with Crippen LogP contribution in [0.15, 0.2) is 48.5 Å². The van der Waals surface area contributed by atoms with Gasteiger partial charge in [-0.2, -0.15) is 0 Å². The first-order valence-corrected chi connectivity index (χ1v) is 6.24. The van der Waals surface area contributed by atoms with Crippen LogP contribution in [0.5, 0.6) is 11.5 Å². The number of benzene rings is 2. The molecule has 0 aromatic heterocycles. The monoisotopic (exact) mass is 277 g/mol. The molecule has 0 spiro atoms. The van der Waals surface area contributed by atoms with Gasteiger partial charge in [-0.1, -0.05) is 18.2 Å². The first-order valence-electron chi connectivity index (χ1n) is 6.24. The fraction of sp³-hybridized carbons (Fsp3) is 0.200. The second-order valence-corrected chi connectivity index (χ2v) is 4.27. The Kier molecular flexibility index (Phi) is 4.92. The number of rotatable bonds is 6. The molecule has 0 bridgehead atoms. The zero-order valence-electron chi connectivity index (χ0n) is 10.8. The summed E-state index contributed by atoms with van der Waals surface area (Å²) in [4.78, 5) is 0. The summed E-state index contributed by atoms with van der Waals surface area (Å²) >= 11 is 0. The van der Waals surface area contributed by atoms with Crippen molar-refractivity contribution in [3.8, 4) is 11.5 Å². The highest BCUT2D eigenvalue weighted by Crippen LogP contribution is 2.29. The minimum absolute atomic E-state index is 0.194. The summed E-state index contributed by atoms with van der Waals surface area (Å²) in [7, 11) is 0. The highest BCUT2D eigenvalue weighted by atomic mass is 19.1. The zero-order valence-corrected chi connectivity index (χ0v) is 10.8. The Balaban J connectivity index is 2.11. The molecule has 0 amide bonds. The molecule has 106 valence electrons. The molecule has 0 aliphatic carbocycles. The van der Waals surface area contributed by atoms with E-state index >= 15 is 0 Å². The van der Waals surface area contributed by atoms with Gasteiger partial charge in [0.25, 0.3) is 0 Å². The Morgan fingerprint density at radius 1 is 1.15 bits per heavy atom. The second-order valence-electron chi connectivity index (χ2n) is 4.27. The van der Waals surface area contributed by atoms with Crippen LogP contribution in [0.2, 0.25) is 0 Å². The highest BCUT2D eigenvalue weighted by Gasteiger charge is 2.07. The molecular weight excluding hydrogens is 261 g/mol. The van der Waals surface area contributed by atoms with Crippen LogP contribution in [0, 0.1) is 5.82 Å².